The minimum atomic E-state index is -0.501. The van der Waals surface area contributed by atoms with E-state index >= 15 is 0 Å². The highest BCUT2D eigenvalue weighted by molar-refractivity contribution is 5.90. The zero-order valence-electron chi connectivity index (χ0n) is 14.3. The summed E-state index contributed by atoms with van der Waals surface area (Å²) in [5, 5.41) is 7.53. The Labute approximate surface area is 154 Å². The van der Waals surface area contributed by atoms with Gasteiger partial charge in [0, 0.05) is 26.2 Å². The Hall–Kier alpha value is -3.29. The second-order valence-electron chi connectivity index (χ2n) is 6.12. The Bertz CT molecular complexity index is 968. The van der Waals surface area contributed by atoms with Crippen molar-refractivity contribution in [1.29, 1.82) is 0 Å². The van der Waals surface area contributed by atoms with Gasteiger partial charge in [-0.2, -0.15) is 0 Å². The first kappa shape index (κ1) is 17.1. The highest BCUT2D eigenvalue weighted by Crippen LogP contribution is 2.23. The quantitative estimate of drug-likeness (QED) is 0.709. The van der Waals surface area contributed by atoms with Crippen molar-refractivity contribution in [1.82, 2.24) is 15.1 Å². The van der Waals surface area contributed by atoms with Crippen LogP contribution in [-0.2, 0) is 0 Å². The number of halogens is 2. The van der Waals surface area contributed by atoms with Gasteiger partial charge in [-0.15, -0.1) is 10.2 Å². The summed E-state index contributed by atoms with van der Waals surface area (Å²) < 4.78 is 33.1. The predicted octanol–water partition coefficient (Wildman–Crippen LogP) is 2.98. The van der Waals surface area contributed by atoms with Gasteiger partial charge in [-0.1, -0.05) is 24.3 Å². The van der Waals surface area contributed by atoms with Crippen LogP contribution in [0.4, 0.5) is 14.5 Å². The van der Waals surface area contributed by atoms with Gasteiger partial charge in [-0.05, 0) is 24.3 Å². The van der Waals surface area contributed by atoms with Gasteiger partial charge in [0.25, 0.3) is 5.89 Å². The van der Waals surface area contributed by atoms with Crippen LogP contribution >= 0.6 is 0 Å². The van der Waals surface area contributed by atoms with Gasteiger partial charge in [-0.25, -0.2) is 8.78 Å². The monoisotopic (exact) mass is 370 g/mol. The molecule has 0 atom stereocenters. The van der Waals surface area contributed by atoms with Crippen molar-refractivity contribution in [2.45, 2.75) is 0 Å². The number of benzene rings is 2. The zero-order valence-corrected chi connectivity index (χ0v) is 14.3. The predicted molar refractivity (Wildman–Crippen MR) is 94.2 cm³/mol. The van der Waals surface area contributed by atoms with E-state index in [0.717, 1.165) is 0 Å². The minimum Gasteiger partial charge on any atom is -0.412 e. The number of para-hydroxylation sites is 1. The second kappa shape index (κ2) is 7.14. The van der Waals surface area contributed by atoms with E-state index in [1.165, 1.54) is 18.2 Å². The molecule has 0 radical (unpaired) electrons. The number of rotatable bonds is 3. The van der Waals surface area contributed by atoms with Gasteiger partial charge < -0.3 is 14.2 Å². The fraction of sp³-hybridized carbons (Fsp3) is 0.211. The highest BCUT2D eigenvalue weighted by atomic mass is 19.1. The Morgan fingerprint density at radius 2 is 1.56 bits per heavy atom. The van der Waals surface area contributed by atoms with Crippen LogP contribution in [0, 0.1) is 11.6 Å². The lowest BCUT2D eigenvalue weighted by Crippen LogP contribution is -2.49. The third-order valence-corrected chi connectivity index (χ3v) is 4.47. The summed E-state index contributed by atoms with van der Waals surface area (Å²) in [6.07, 6.45) is 0. The van der Waals surface area contributed by atoms with Crippen LogP contribution < -0.4 is 4.90 Å². The number of hydrogen-bond acceptors (Lipinski definition) is 5. The van der Waals surface area contributed by atoms with E-state index in [0.29, 0.717) is 31.9 Å². The molecule has 2 aromatic carbocycles. The molecule has 6 nitrogen and oxygen atoms in total. The van der Waals surface area contributed by atoms with Gasteiger partial charge in [0.1, 0.15) is 11.6 Å². The average Bonchev–Trinajstić information content (AvgIpc) is 3.18. The molecule has 1 aliphatic heterocycles. The van der Waals surface area contributed by atoms with Crippen molar-refractivity contribution < 1.29 is 18.0 Å². The van der Waals surface area contributed by atoms with E-state index < -0.39 is 11.7 Å². The Balaban J connectivity index is 1.44. The molecule has 1 fully saturated rings. The molecule has 0 saturated carbocycles. The molecule has 1 saturated heterocycles. The van der Waals surface area contributed by atoms with Crippen molar-refractivity contribution in [3.05, 3.63) is 66.1 Å². The summed E-state index contributed by atoms with van der Waals surface area (Å²) in [4.78, 5) is 16.0. The summed E-state index contributed by atoms with van der Waals surface area (Å²) in [5.41, 5.74) is 0.664. The van der Waals surface area contributed by atoms with E-state index in [9.17, 15) is 13.6 Å². The van der Waals surface area contributed by atoms with Crippen LogP contribution in [-0.4, -0.2) is 47.2 Å². The van der Waals surface area contributed by atoms with E-state index in [4.69, 9.17) is 4.42 Å². The Kier molecular flexibility index (Phi) is 4.53. The fourth-order valence-electron chi connectivity index (χ4n) is 3.05. The van der Waals surface area contributed by atoms with Crippen LogP contribution in [0.1, 0.15) is 10.7 Å². The molecule has 0 bridgehead atoms. The third kappa shape index (κ3) is 3.38. The summed E-state index contributed by atoms with van der Waals surface area (Å²) in [7, 11) is 0. The van der Waals surface area contributed by atoms with Crippen LogP contribution in [0.2, 0.25) is 0 Å². The van der Waals surface area contributed by atoms with Gasteiger partial charge in [0.05, 0.1) is 11.3 Å². The molecule has 0 N–H and O–H groups in total. The van der Waals surface area contributed by atoms with E-state index in [1.807, 2.05) is 4.90 Å². The number of carbonyl (C=O) groups excluding carboxylic acids is 1. The molecule has 3 aromatic rings. The summed E-state index contributed by atoms with van der Waals surface area (Å²) in [5.74, 6) is -1.44. The molecule has 4 rings (SSSR count). The third-order valence-electron chi connectivity index (χ3n) is 4.47. The van der Waals surface area contributed by atoms with E-state index in [2.05, 4.69) is 10.2 Å². The molecule has 138 valence electrons. The van der Waals surface area contributed by atoms with Crippen molar-refractivity contribution >= 4 is 11.6 Å². The number of piperazine rings is 1. The van der Waals surface area contributed by atoms with Crippen molar-refractivity contribution in [2.75, 3.05) is 31.1 Å². The Morgan fingerprint density at radius 3 is 2.26 bits per heavy atom. The molecule has 8 heteroatoms. The number of anilines is 1. The lowest BCUT2D eigenvalue weighted by molar-refractivity contribution is 0.0707. The number of amides is 1. The maximum absolute atomic E-state index is 13.9. The first-order valence-corrected chi connectivity index (χ1v) is 8.50. The fourth-order valence-corrected chi connectivity index (χ4v) is 3.05. The number of aromatic nitrogens is 2. The largest absolute Gasteiger partial charge is 0.412 e. The van der Waals surface area contributed by atoms with Crippen LogP contribution in [0.5, 0.6) is 0 Å². The molecule has 1 amide bonds. The van der Waals surface area contributed by atoms with Crippen LogP contribution in [0.15, 0.2) is 52.9 Å². The summed E-state index contributed by atoms with van der Waals surface area (Å²) in [6.45, 7) is 1.76. The molecule has 1 aliphatic rings. The SMILES string of the molecule is O=C(c1nnc(-c2ccccc2F)o1)N1CCN(c2ccccc2F)CC1. The summed E-state index contributed by atoms with van der Waals surface area (Å²) in [6, 6.07) is 12.5. The van der Waals surface area contributed by atoms with Crippen molar-refractivity contribution in [2.24, 2.45) is 0 Å². The first-order valence-electron chi connectivity index (χ1n) is 8.50. The first-order chi connectivity index (χ1) is 13.1. The van der Waals surface area contributed by atoms with Crippen LogP contribution in [0.3, 0.4) is 0 Å². The van der Waals surface area contributed by atoms with Gasteiger partial charge >= 0.3 is 11.8 Å². The number of hydrogen-bond donors (Lipinski definition) is 0. The standard InChI is InChI=1S/C19H16F2N4O2/c20-14-6-2-1-5-13(14)17-22-23-18(27-17)19(26)25-11-9-24(10-12-25)16-8-4-3-7-15(16)21/h1-8H,9-12H2. The molecular formula is C19H16F2N4O2. The zero-order chi connectivity index (χ0) is 18.8. The second-order valence-corrected chi connectivity index (χ2v) is 6.12. The molecule has 2 heterocycles. The maximum atomic E-state index is 13.9. The molecule has 1 aromatic heterocycles. The number of nitrogens with zero attached hydrogens (tertiary/aromatic N) is 4. The van der Waals surface area contributed by atoms with Crippen molar-refractivity contribution in [3.63, 3.8) is 0 Å². The highest BCUT2D eigenvalue weighted by Gasteiger charge is 2.27. The topological polar surface area (TPSA) is 62.5 Å². The smallest absolute Gasteiger partial charge is 0.311 e. The summed E-state index contributed by atoms with van der Waals surface area (Å²) >= 11 is 0. The molecular weight excluding hydrogens is 354 g/mol. The lowest BCUT2D eigenvalue weighted by atomic mass is 10.2. The normalized spacial score (nSPS) is 14.4. The molecule has 0 aliphatic carbocycles. The minimum absolute atomic E-state index is 0.0403. The lowest BCUT2D eigenvalue weighted by Gasteiger charge is -2.35. The Morgan fingerprint density at radius 1 is 0.889 bits per heavy atom. The maximum Gasteiger partial charge on any atom is 0.311 e. The molecule has 0 unspecified atom stereocenters. The van der Waals surface area contributed by atoms with E-state index in [-0.39, 0.29) is 23.2 Å². The van der Waals surface area contributed by atoms with Gasteiger partial charge in [-0.3, -0.25) is 4.79 Å². The van der Waals surface area contributed by atoms with Crippen molar-refractivity contribution in [3.8, 4) is 11.5 Å². The van der Waals surface area contributed by atoms with Gasteiger partial charge in [0.2, 0.25) is 0 Å². The average molecular weight is 370 g/mol. The number of carbonyl (C=O) groups is 1. The van der Waals surface area contributed by atoms with Crippen LogP contribution in [0.25, 0.3) is 11.5 Å². The molecule has 27 heavy (non-hydrogen) atoms. The molecule has 0 spiro atoms. The van der Waals surface area contributed by atoms with E-state index in [1.54, 1.807) is 35.2 Å². The van der Waals surface area contributed by atoms with Gasteiger partial charge in [0.15, 0.2) is 0 Å².